The first-order valence-electron chi connectivity index (χ1n) is 9.34. The fourth-order valence-electron chi connectivity index (χ4n) is 3.50. The van der Waals surface area contributed by atoms with Gasteiger partial charge in [-0.15, -0.1) is 0 Å². The quantitative estimate of drug-likeness (QED) is 0.625. The number of nitrogens with zero attached hydrogens (tertiary/aromatic N) is 3. The predicted octanol–water partition coefficient (Wildman–Crippen LogP) is 4.33. The minimum absolute atomic E-state index is 0.00282. The molecule has 0 atom stereocenters. The van der Waals surface area contributed by atoms with Gasteiger partial charge in [-0.3, -0.25) is 9.59 Å². The molecule has 4 rings (SSSR count). The van der Waals surface area contributed by atoms with Crippen molar-refractivity contribution in [3.8, 4) is 17.1 Å². The molecule has 30 heavy (non-hydrogen) atoms. The second-order valence-corrected chi connectivity index (χ2v) is 7.59. The molecule has 0 unspecified atom stereocenters. The predicted molar refractivity (Wildman–Crippen MR) is 115 cm³/mol. The van der Waals surface area contributed by atoms with Gasteiger partial charge in [-0.2, -0.15) is 0 Å². The summed E-state index contributed by atoms with van der Waals surface area (Å²) < 4.78 is 5.52. The summed E-state index contributed by atoms with van der Waals surface area (Å²) in [4.78, 5) is 32.3. The third kappa shape index (κ3) is 3.93. The summed E-state index contributed by atoms with van der Waals surface area (Å²) in [5.41, 5.74) is 4.66. The fourth-order valence-corrected chi connectivity index (χ4v) is 3.66. The number of fused-ring (bicyclic) bond motifs is 2. The molecule has 0 fully saturated rings. The van der Waals surface area contributed by atoms with Crippen LogP contribution in [-0.2, 0) is 11.3 Å². The van der Waals surface area contributed by atoms with Crippen molar-refractivity contribution >= 4 is 34.9 Å². The van der Waals surface area contributed by atoms with E-state index in [1.54, 1.807) is 12.0 Å². The number of aryl methyl sites for hydroxylation is 1. The molecule has 0 bridgehead atoms. The average Bonchev–Trinajstić information content (AvgIpc) is 3.03. The van der Waals surface area contributed by atoms with E-state index in [-0.39, 0.29) is 18.4 Å². The number of rotatable bonds is 3. The van der Waals surface area contributed by atoms with Gasteiger partial charge in [-0.1, -0.05) is 17.7 Å². The molecule has 1 amide bonds. The number of carboxylic acid groups (broad SMARTS) is 1. The molecule has 3 heterocycles. The average molecular weight is 428 g/mol. The van der Waals surface area contributed by atoms with Crippen molar-refractivity contribution in [3.63, 3.8) is 0 Å². The highest BCUT2D eigenvalue weighted by atomic mass is 35.5. The van der Waals surface area contributed by atoms with Gasteiger partial charge in [0.15, 0.2) is 0 Å². The molecule has 0 aliphatic carbocycles. The Hall–Kier alpha value is -3.19. The summed E-state index contributed by atoms with van der Waals surface area (Å²) in [6.45, 7) is 6.28. The maximum absolute atomic E-state index is 12.8. The first kappa shape index (κ1) is 21.5. The third-order valence-electron chi connectivity index (χ3n) is 4.95. The molecule has 0 spiro atoms. The Bertz CT molecular complexity index is 1130. The van der Waals surface area contributed by atoms with Crippen LogP contribution in [-0.4, -0.2) is 45.5 Å². The van der Waals surface area contributed by atoms with Crippen molar-refractivity contribution in [2.24, 2.45) is 0 Å². The van der Waals surface area contributed by atoms with Crippen LogP contribution in [0, 0.1) is 6.92 Å². The number of ether oxygens (including phenoxy) is 1. The highest BCUT2D eigenvalue weighted by Gasteiger charge is 2.32. The smallest absolute Gasteiger partial charge is 0.290 e. The maximum atomic E-state index is 12.8. The van der Waals surface area contributed by atoms with E-state index >= 15 is 0 Å². The summed E-state index contributed by atoms with van der Waals surface area (Å²) >= 11 is 6.14. The zero-order valence-corrected chi connectivity index (χ0v) is 17.9. The first-order chi connectivity index (χ1) is 14.3. The molecule has 1 aliphatic rings. The van der Waals surface area contributed by atoms with Gasteiger partial charge in [0.25, 0.3) is 12.4 Å². The van der Waals surface area contributed by atoms with Gasteiger partial charge in [0.2, 0.25) is 5.88 Å². The number of pyridine rings is 2. The summed E-state index contributed by atoms with van der Waals surface area (Å²) in [7, 11) is 1.58. The summed E-state index contributed by atoms with van der Waals surface area (Å²) in [6, 6.07) is 9.61. The number of hydrogen-bond acceptors (Lipinski definition) is 5. The molecule has 0 saturated heterocycles. The zero-order chi connectivity index (χ0) is 22.0. The van der Waals surface area contributed by atoms with Gasteiger partial charge < -0.3 is 14.7 Å². The minimum atomic E-state index is -0.250. The van der Waals surface area contributed by atoms with Gasteiger partial charge in [0, 0.05) is 16.5 Å². The minimum Gasteiger partial charge on any atom is -0.483 e. The Balaban J connectivity index is 0.000000806. The van der Waals surface area contributed by atoms with Crippen LogP contribution in [0.15, 0.2) is 30.3 Å². The van der Waals surface area contributed by atoms with Crippen molar-refractivity contribution in [1.82, 2.24) is 14.9 Å². The monoisotopic (exact) mass is 427 g/mol. The Morgan fingerprint density at radius 1 is 1.20 bits per heavy atom. The molecule has 1 N–H and O–H groups in total. The van der Waals surface area contributed by atoms with E-state index in [0.717, 1.165) is 22.2 Å². The molecule has 3 aromatic rings. The van der Waals surface area contributed by atoms with E-state index in [0.29, 0.717) is 34.3 Å². The molecule has 8 heteroatoms. The van der Waals surface area contributed by atoms with Crippen LogP contribution in [0.2, 0.25) is 5.02 Å². The van der Waals surface area contributed by atoms with Crippen molar-refractivity contribution in [3.05, 3.63) is 52.2 Å². The highest BCUT2D eigenvalue weighted by Crippen LogP contribution is 2.35. The van der Waals surface area contributed by atoms with E-state index in [1.165, 1.54) is 0 Å². The number of carbonyl (C=O) groups excluding carboxylic acids is 1. The Labute approximate surface area is 179 Å². The number of aromatic nitrogens is 2. The number of carbonyl (C=O) groups is 2. The molecule has 2 aromatic heterocycles. The number of methoxy groups -OCH3 is 1. The maximum Gasteiger partial charge on any atom is 0.290 e. The number of halogens is 1. The lowest BCUT2D eigenvalue weighted by Gasteiger charge is -2.19. The number of benzene rings is 1. The Morgan fingerprint density at radius 2 is 1.90 bits per heavy atom. The van der Waals surface area contributed by atoms with Crippen LogP contribution in [0.5, 0.6) is 5.88 Å². The van der Waals surface area contributed by atoms with Crippen LogP contribution >= 0.6 is 11.6 Å². The van der Waals surface area contributed by atoms with E-state index in [4.69, 9.17) is 31.2 Å². The van der Waals surface area contributed by atoms with Crippen LogP contribution < -0.4 is 4.74 Å². The number of amides is 1. The lowest BCUT2D eigenvalue weighted by molar-refractivity contribution is -0.122. The molecule has 1 aromatic carbocycles. The van der Waals surface area contributed by atoms with E-state index < -0.39 is 0 Å². The summed E-state index contributed by atoms with van der Waals surface area (Å²) in [5.74, 6) is 0.470. The molecule has 156 valence electrons. The normalized spacial score (nSPS) is 12.6. The Morgan fingerprint density at radius 3 is 2.53 bits per heavy atom. The van der Waals surface area contributed by atoms with Crippen LogP contribution in [0.3, 0.4) is 0 Å². The van der Waals surface area contributed by atoms with Crippen molar-refractivity contribution < 1.29 is 19.4 Å². The zero-order valence-electron chi connectivity index (χ0n) is 17.1. The fraction of sp³-hybridized carbons (Fsp3) is 0.273. The van der Waals surface area contributed by atoms with Gasteiger partial charge in [0.1, 0.15) is 0 Å². The van der Waals surface area contributed by atoms with Crippen LogP contribution in [0.25, 0.3) is 22.2 Å². The van der Waals surface area contributed by atoms with Crippen LogP contribution in [0.1, 0.15) is 35.5 Å². The SMILES string of the molecule is COc1nc2c(cc1-c1cc(C)c3ccc(Cl)cc3n1)C(=O)N(C(C)C)C2.O=CO. The lowest BCUT2D eigenvalue weighted by atomic mass is 10.0. The van der Waals surface area contributed by atoms with Gasteiger partial charge in [-0.05, 0) is 50.6 Å². The van der Waals surface area contributed by atoms with E-state index in [1.807, 2.05) is 51.1 Å². The van der Waals surface area contributed by atoms with Crippen molar-refractivity contribution in [2.45, 2.75) is 33.4 Å². The van der Waals surface area contributed by atoms with Crippen molar-refractivity contribution in [2.75, 3.05) is 7.11 Å². The van der Waals surface area contributed by atoms with E-state index in [9.17, 15) is 4.79 Å². The lowest BCUT2D eigenvalue weighted by Crippen LogP contribution is -2.30. The summed E-state index contributed by atoms with van der Waals surface area (Å²) in [5, 5.41) is 8.56. The molecule has 1 aliphatic heterocycles. The molecule has 7 nitrogen and oxygen atoms in total. The van der Waals surface area contributed by atoms with E-state index in [2.05, 4.69) is 4.98 Å². The molecular weight excluding hydrogens is 406 g/mol. The third-order valence-corrected chi connectivity index (χ3v) is 5.18. The second-order valence-electron chi connectivity index (χ2n) is 7.16. The second kappa shape index (κ2) is 8.67. The van der Waals surface area contributed by atoms with Gasteiger partial charge >= 0.3 is 0 Å². The topological polar surface area (TPSA) is 92.6 Å². The largest absolute Gasteiger partial charge is 0.483 e. The Kier molecular flexibility index (Phi) is 6.22. The molecular formula is C22H22ClN3O4. The van der Waals surface area contributed by atoms with Gasteiger partial charge in [0.05, 0.1) is 41.7 Å². The molecule has 0 radical (unpaired) electrons. The molecule has 0 saturated carbocycles. The highest BCUT2D eigenvalue weighted by molar-refractivity contribution is 6.31. The summed E-state index contributed by atoms with van der Waals surface area (Å²) in [6.07, 6.45) is 0. The number of hydrogen-bond donors (Lipinski definition) is 1. The standard InChI is InChI=1S/C21H20ClN3O2.CH2O2/c1-11(2)25-10-19-16(21(25)26)9-15(20(24-19)27-4)17-7-12(3)14-6-5-13(22)8-18(14)23-17;2-1-3/h5-9,11H,10H2,1-4H3;1H,(H,2,3). The first-order valence-corrected chi connectivity index (χ1v) is 9.72. The van der Waals surface area contributed by atoms with Gasteiger partial charge in [-0.25, -0.2) is 9.97 Å². The van der Waals surface area contributed by atoms with Crippen LogP contribution in [0.4, 0.5) is 0 Å². The van der Waals surface area contributed by atoms with Crippen molar-refractivity contribution in [1.29, 1.82) is 0 Å².